The Morgan fingerprint density at radius 3 is 2.31 bits per heavy atom. The number of carbonyl (C=O) groups excluding carboxylic acids is 3. The fourth-order valence-electron chi connectivity index (χ4n) is 5.22. The molecule has 3 aromatic rings. The van der Waals surface area contributed by atoms with E-state index in [1.807, 2.05) is 72.8 Å². The Morgan fingerprint density at radius 1 is 0.863 bits per heavy atom. The van der Waals surface area contributed by atoms with Gasteiger partial charge in [-0.25, -0.2) is 0 Å². The van der Waals surface area contributed by atoms with E-state index in [1.54, 1.807) is 40.3 Å². The van der Waals surface area contributed by atoms with Crippen LogP contribution in [0.15, 0.2) is 72.8 Å². The van der Waals surface area contributed by atoms with Gasteiger partial charge in [-0.1, -0.05) is 103 Å². The highest BCUT2D eigenvalue weighted by atomic mass is 33.1. The minimum absolute atomic E-state index is 0.106. The highest BCUT2D eigenvalue weighted by Gasteiger charge is 2.24. The lowest BCUT2D eigenvalue weighted by atomic mass is 10.0. The number of hydrogen-bond donors (Lipinski definition) is 3. The molecule has 3 amide bonds. The van der Waals surface area contributed by atoms with Gasteiger partial charge in [0.15, 0.2) is 0 Å². The SMILES string of the molecule is CC(SSCCNC(=O)CCC(=O)N1Cc2ccccc2C#Cc2ccccc21)c1ccc(C(=O)NCCCCCCOP(=O)(O)C(C)C)cc1. The van der Waals surface area contributed by atoms with Crippen molar-refractivity contribution in [1.82, 2.24) is 10.6 Å². The molecule has 12 heteroatoms. The van der Waals surface area contributed by atoms with Gasteiger partial charge in [0.05, 0.1) is 24.5 Å². The van der Waals surface area contributed by atoms with Gasteiger partial charge >= 0.3 is 7.60 Å². The molecule has 0 spiro atoms. The average Bonchev–Trinajstić information content (AvgIpc) is 3.12. The molecule has 3 aromatic carbocycles. The molecule has 0 bridgehead atoms. The number of fused-ring (bicyclic) bond motifs is 2. The number of carbonyl (C=O) groups is 3. The summed E-state index contributed by atoms with van der Waals surface area (Å²) in [6.45, 7) is 7.19. The molecule has 0 aromatic heterocycles. The van der Waals surface area contributed by atoms with Crippen LogP contribution in [0.2, 0.25) is 0 Å². The molecule has 2 atom stereocenters. The van der Waals surface area contributed by atoms with E-state index in [1.165, 1.54) is 0 Å². The van der Waals surface area contributed by atoms with Gasteiger partial charge < -0.3 is 25.0 Å². The van der Waals surface area contributed by atoms with Crippen molar-refractivity contribution in [3.63, 3.8) is 0 Å². The van der Waals surface area contributed by atoms with Gasteiger partial charge in [0, 0.05) is 53.6 Å². The van der Waals surface area contributed by atoms with Crippen LogP contribution in [-0.2, 0) is 25.2 Å². The van der Waals surface area contributed by atoms with Crippen molar-refractivity contribution in [2.24, 2.45) is 0 Å². The van der Waals surface area contributed by atoms with E-state index in [0.717, 1.165) is 53.0 Å². The topological polar surface area (TPSA) is 125 Å². The minimum Gasteiger partial charge on any atom is -0.355 e. The number of nitrogens with one attached hydrogen (secondary N) is 2. The third-order valence-corrected chi connectivity index (χ3v) is 13.1. The molecular formula is C39H48N3O6PS2. The maximum atomic E-state index is 13.4. The van der Waals surface area contributed by atoms with E-state index < -0.39 is 13.3 Å². The van der Waals surface area contributed by atoms with Crippen molar-refractivity contribution in [3.05, 3.63) is 101 Å². The predicted molar refractivity (Wildman–Crippen MR) is 209 cm³/mol. The lowest BCUT2D eigenvalue weighted by molar-refractivity contribution is -0.125. The van der Waals surface area contributed by atoms with Crippen LogP contribution in [0, 0.1) is 11.8 Å². The second-order valence-corrected chi connectivity index (χ2v) is 17.8. The van der Waals surface area contributed by atoms with E-state index in [4.69, 9.17) is 4.52 Å². The molecule has 0 saturated heterocycles. The Bertz CT molecular complexity index is 1740. The second-order valence-electron chi connectivity index (χ2n) is 12.6. The Balaban J connectivity index is 1.09. The first-order valence-electron chi connectivity index (χ1n) is 17.4. The van der Waals surface area contributed by atoms with Crippen molar-refractivity contribution in [2.45, 2.75) is 76.7 Å². The lowest BCUT2D eigenvalue weighted by Gasteiger charge is -2.26. The lowest BCUT2D eigenvalue weighted by Crippen LogP contribution is -2.33. The third-order valence-electron chi connectivity index (χ3n) is 8.39. The Hall–Kier alpha value is -3.52. The maximum absolute atomic E-state index is 13.4. The van der Waals surface area contributed by atoms with Crippen LogP contribution in [0.25, 0.3) is 0 Å². The van der Waals surface area contributed by atoms with E-state index in [0.29, 0.717) is 31.6 Å². The molecule has 1 aliphatic heterocycles. The highest BCUT2D eigenvalue weighted by molar-refractivity contribution is 8.76. The maximum Gasteiger partial charge on any atom is 0.330 e. The summed E-state index contributed by atoms with van der Waals surface area (Å²) >= 11 is 0. The number of unbranched alkanes of at least 4 members (excludes halogenated alkanes) is 3. The fraction of sp³-hybridized carbons (Fsp3) is 0.410. The molecule has 0 radical (unpaired) electrons. The molecule has 1 heterocycles. The number of hydrogen-bond acceptors (Lipinski definition) is 7. The van der Waals surface area contributed by atoms with Gasteiger partial charge in [-0.3, -0.25) is 18.9 Å². The first-order chi connectivity index (χ1) is 24.5. The summed E-state index contributed by atoms with van der Waals surface area (Å²) in [5.41, 5.74) is 4.75. The minimum atomic E-state index is -3.50. The van der Waals surface area contributed by atoms with Gasteiger partial charge in [0.1, 0.15) is 0 Å². The normalized spacial score (nSPS) is 13.8. The Morgan fingerprint density at radius 2 is 1.55 bits per heavy atom. The van der Waals surface area contributed by atoms with Crippen molar-refractivity contribution in [1.29, 1.82) is 0 Å². The molecule has 1 aliphatic rings. The van der Waals surface area contributed by atoms with Crippen molar-refractivity contribution in [3.8, 4) is 11.8 Å². The number of anilines is 1. The first kappa shape index (κ1) is 40.3. The van der Waals surface area contributed by atoms with Crippen molar-refractivity contribution >= 4 is 52.6 Å². The van der Waals surface area contributed by atoms with Crippen LogP contribution in [0.1, 0.15) is 97.2 Å². The number of para-hydroxylation sites is 1. The van der Waals surface area contributed by atoms with Crippen molar-refractivity contribution in [2.75, 3.05) is 30.3 Å². The van der Waals surface area contributed by atoms with E-state index >= 15 is 0 Å². The van der Waals surface area contributed by atoms with Crippen LogP contribution in [0.5, 0.6) is 0 Å². The molecule has 9 nitrogen and oxygen atoms in total. The summed E-state index contributed by atoms with van der Waals surface area (Å²) < 4.78 is 16.9. The monoisotopic (exact) mass is 749 g/mol. The smallest absolute Gasteiger partial charge is 0.330 e. The van der Waals surface area contributed by atoms with Crippen molar-refractivity contribution < 1.29 is 28.4 Å². The Labute approximate surface area is 310 Å². The number of benzene rings is 3. The summed E-state index contributed by atoms with van der Waals surface area (Å²) in [6, 6.07) is 23.1. The number of amides is 3. The van der Waals surface area contributed by atoms with Crippen LogP contribution < -0.4 is 15.5 Å². The zero-order valence-corrected chi connectivity index (χ0v) is 32.1. The largest absolute Gasteiger partial charge is 0.355 e. The second kappa shape index (κ2) is 20.5. The standard InChI is InChI=1S/C39H48N3O6PS2/c1-29(2)49(46,47)48-26-11-5-4-10-24-41-39(45)34-20-16-31(17-21-34)30(3)51-50-27-25-40-37(43)22-23-38(44)42-28-35-14-7-6-12-32(35)18-19-33-13-8-9-15-36(33)42/h6-9,12-17,20-21,29-30H,4-5,10-11,22-28H2,1-3H3,(H,40,43)(H,41,45)(H,46,47). The van der Waals surface area contributed by atoms with E-state index in [-0.39, 0.29) is 42.4 Å². The fourth-order valence-corrected chi connectivity index (χ4v) is 8.15. The van der Waals surface area contributed by atoms with Crippen LogP contribution in [0.4, 0.5) is 5.69 Å². The molecule has 0 saturated carbocycles. The van der Waals surface area contributed by atoms with Crippen LogP contribution in [-0.4, -0.2) is 53.7 Å². The summed E-state index contributed by atoms with van der Waals surface area (Å²) in [4.78, 5) is 50.0. The molecular weight excluding hydrogens is 702 g/mol. The molecule has 0 fully saturated rings. The predicted octanol–water partition coefficient (Wildman–Crippen LogP) is 7.87. The van der Waals surface area contributed by atoms with E-state index in [2.05, 4.69) is 29.4 Å². The third kappa shape index (κ3) is 12.9. The van der Waals surface area contributed by atoms with Gasteiger partial charge in [-0.15, -0.1) is 0 Å². The summed E-state index contributed by atoms with van der Waals surface area (Å²) in [5.74, 6) is 6.77. The summed E-state index contributed by atoms with van der Waals surface area (Å²) in [6.07, 6.45) is 3.52. The quantitative estimate of drug-likeness (QED) is 0.0490. The molecule has 0 aliphatic carbocycles. The number of rotatable bonds is 19. The van der Waals surface area contributed by atoms with Gasteiger partial charge in [-0.2, -0.15) is 0 Å². The summed E-state index contributed by atoms with van der Waals surface area (Å²) in [5, 5.41) is 6.09. The van der Waals surface area contributed by atoms with Gasteiger partial charge in [0.25, 0.3) is 5.91 Å². The molecule has 272 valence electrons. The average molecular weight is 750 g/mol. The van der Waals surface area contributed by atoms with Crippen LogP contribution >= 0.6 is 29.2 Å². The first-order valence-corrected chi connectivity index (χ1v) is 21.5. The molecule has 2 unspecified atom stereocenters. The highest BCUT2D eigenvalue weighted by Crippen LogP contribution is 2.47. The molecule has 4 rings (SSSR count). The Kier molecular flexibility index (Phi) is 16.2. The van der Waals surface area contributed by atoms with Gasteiger partial charge in [-0.05, 0) is 61.2 Å². The van der Waals surface area contributed by atoms with E-state index in [9.17, 15) is 23.8 Å². The zero-order chi connectivity index (χ0) is 36.6. The van der Waals surface area contributed by atoms with Crippen LogP contribution in [0.3, 0.4) is 0 Å². The molecule has 51 heavy (non-hydrogen) atoms. The zero-order valence-electron chi connectivity index (χ0n) is 29.6. The molecule has 3 N–H and O–H groups in total. The van der Waals surface area contributed by atoms with Gasteiger partial charge in [0.2, 0.25) is 11.8 Å². The summed E-state index contributed by atoms with van der Waals surface area (Å²) in [7, 11) is -0.129. The number of nitrogens with zero attached hydrogens (tertiary/aromatic N) is 1.